The van der Waals surface area contributed by atoms with Gasteiger partial charge in [-0.3, -0.25) is 9.48 Å². The van der Waals surface area contributed by atoms with Crippen LogP contribution >= 0.6 is 0 Å². The molecule has 10 heteroatoms. The smallest absolute Gasteiger partial charge is 0.251 e. The van der Waals surface area contributed by atoms with Crippen molar-refractivity contribution in [1.29, 1.82) is 5.26 Å². The van der Waals surface area contributed by atoms with Crippen molar-refractivity contribution >= 4 is 22.6 Å². The second-order valence-corrected chi connectivity index (χ2v) is 9.82. The third-order valence-electron chi connectivity index (χ3n) is 7.31. The first-order chi connectivity index (χ1) is 17.5. The summed E-state index contributed by atoms with van der Waals surface area (Å²) in [6, 6.07) is 8.85. The van der Waals surface area contributed by atoms with Crippen molar-refractivity contribution in [3.05, 3.63) is 60.6 Å². The van der Waals surface area contributed by atoms with E-state index in [2.05, 4.69) is 31.4 Å². The number of halogens is 1. The number of nitrogens with one attached hydrogen (secondary N) is 2. The lowest BCUT2D eigenvalue weighted by molar-refractivity contribution is 0.0935. The van der Waals surface area contributed by atoms with Crippen molar-refractivity contribution in [1.82, 2.24) is 30.0 Å². The number of nitriles is 1. The largest absolute Gasteiger partial charge is 0.364 e. The monoisotopic (exact) mass is 484 g/mol. The molecule has 1 aromatic carbocycles. The molecule has 6 rings (SSSR count). The van der Waals surface area contributed by atoms with Crippen molar-refractivity contribution in [3.63, 3.8) is 0 Å². The highest BCUT2D eigenvalue weighted by molar-refractivity contribution is 5.95. The standard InChI is InChI=1S/C26H25FN8O/c1-16(17-2-3-17)33-25(36)18-4-5-22(21(27)10-18)34-13-26(14-34,7-8-28)35-12-19(11-32-35)23-20-6-9-29-24(20)31-15-30-23/h4-6,9-12,15-17H,2-3,7,13-14H2,1H3,(H,33,36)(H,29,30,31)/t16-/m1/s1. The Hall–Kier alpha value is -4.26. The number of nitrogens with zero attached hydrogens (tertiary/aromatic N) is 6. The molecule has 1 aliphatic heterocycles. The molecule has 36 heavy (non-hydrogen) atoms. The van der Waals surface area contributed by atoms with E-state index in [4.69, 9.17) is 0 Å². The number of aromatic nitrogens is 5. The summed E-state index contributed by atoms with van der Waals surface area (Å²) in [4.78, 5) is 26.1. The summed E-state index contributed by atoms with van der Waals surface area (Å²) in [5.74, 6) is -0.185. The molecule has 4 heterocycles. The van der Waals surface area contributed by atoms with Gasteiger partial charge in [0.2, 0.25) is 0 Å². The number of hydrogen-bond donors (Lipinski definition) is 2. The van der Waals surface area contributed by atoms with Gasteiger partial charge in [-0.05, 0) is 49.9 Å². The first-order valence-electron chi connectivity index (χ1n) is 12.0. The van der Waals surface area contributed by atoms with E-state index in [0.717, 1.165) is 35.1 Å². The normalized spacial score (nSPS) is 17.4. The molecule has 2 N–H and O–H groups in total. The minimum Gasteiger partial charge on any atom is -0.364 e. The molecule has 1 aliphatic carbocycles. The van der Waals surface area contributed by atoms with Crippen molar-refractivity contribution in [3.8, 4) is 17.3 Å². The molecule has 0 bridgehead atoms. The van der Waals surface area contributed by atoms with Crippen molar-refractivity contribution < 1.29 is 9.18 Å². The van der Waals surface area contributed by atoms with E-state index in [1.165, 1.54) is 12.4 Å². The molecule has 0 spiro atoms. The molecule has 2 aliphatic rings. The topological polar surface area (TPSA) is 116 Å². The number of carbonyl (C=O) groups is 1. The van der Waals surface area contributed by atoms with Crippen LogP contribution in [0.4, 0.5) is 10.1 Å². The molecule has 1 saturated heterocycles. The van der Waals surface area contributed by atoms with Crippen LogP contribution in [0.5, 0.6) is 0 Å². The molecule has 4 aromatic rings. The first-order valence-corrected chi connectivity index (χ1v) is 12.0. The second-order valence-electron chi connectivity index (χ2n) is 9.82. The zero-order valence-corrected chi connectivity index (χ0v) is 19.8. The maximum absolute atomic E-state index is 15.0. The van der Waals surface area contributed by atoms with Crippen molar-refractivity contribution in [2.45, 2.75) is 37.8 Å². The molecule has 182 valence electrons. The quantitative estimate of drug-likeness (QED) is 0.414. The van der Waals surface area contributed by atoms with Gasteiger partial charge in [-0.1, -0.05) is 0 Å². The summed E-state index contributed by atoms with van der Waals surface area (Å²) in [7, 11) is 0. The predicted octanol–water partition coefficient (Wildman–Crippen LogP) is 3.62. The van der Waals surface area contributed by atoms with Crippen LogP contribution in [0.15, 0.2) is 49.2 Å². The number of H-pyrrole nitrogens is 1. The van der Waals surface area contributed by atoms with Gasteiger partial charge >= 0.3 is 0 Å². The van der Waals surface area contributed by atoms with Gasteiger partial charge in [0.25, 0.3) is 5.91 Å². The van der Waals surface area contributed by atoms with Crippen molar-refractivity contribution in [2.24, 2.45) is 5.92 Å². The lowest BCUT2D eigenvalue weighted by atomic mass is 9.86. The zero-order chi connectivity index (χ0) is 24.9. The summed E-state index contributed by atoms with van der Waals surface area (Å²) < 4.78 is 16.8. The van der Waals surface area contributed by atoms with Crippen LogP contribution in [0, 0.1) is 23.1 Å². The summed E-state index contributed by atoms with van der Waals surface area (Å²) in [6.07, 6.45) is 9.41. The molecular weight excluding hydrogens is 459 g/mol. The highest BCUT2D eigenvalue weighted by Crippen LogP contribution is 2.38. The Morgan fingerprint density at radius 3 is 2.92 bits per heavy atom. The fraction of sp³-hybridized carbons (Fsp3) is 0.346. The number of carbonyl (C=O) groups excluding carboxylic acids is 1. The Bertz CT molecular complexity index is 1490. The fourth-order valence-corrected chi connectivity index (χ4v) is 5.04. The SMILES string of the molecule is C[C@@H](NC(=O)c1ccc(N2CC(CC#N)(n3cc(-c4ncnc5[nH]ccc45)cn3)C2)c(F)c1)C1CC1. The number of anilines is 1. The van der Waals surface area contributed by atoms with E-state index in [1.807, 2.05) is 30.3 Å². The predicted molar refractivity (Wildman–Crippen MR) is 132 cm³/mol. The lowest BCUT2D eigenvalue weighted by Gasteiger charge is -2.50. The highest BCUT2D eigenvalue weighted by Gasteiger charge is 2.46. The Morgan fingerprint density at radius 2 is 2.17 bits per heavy atom. The minimum atomic E-state index is -0.584. The van der Waals surface area contributed by atoms with Crippen LogP contribution in [-0.4, -0.2) is 49.8 Å². The van der Waals surface area contributed by atoms with Gasteiger partial charge < -0.3 is 15.2 Å². The number of rotatable bonds is 7. The summed E-state index contributed by atoms with van der Waals surface area (Å²) in [5, 5.41) is 17.9. The van der Waals surface area contributed by atoms with E-state index in [1.54, 1.807) is 23.0 Å². The van der Waals surface area contributed by atoms with Crippen LogP contribution in [-0.2, 0) is 5.54 Å². The average Bonchev–Trinajstić information content (AvgIpc) is 3.39. The Labute approximate surface area is 207 Å². The molecule has 1 saturated carbocycles. The van der Waals surface area contributed by atoms with Crippen LogP contribution in [0.25, 0.3) is 22.3 Å². The fourth-order valence-electron chi connectivity index (χ4n) is 5.04. The molecule has 0 radical (unpaired) electrons. The van der Waals surface area contributed by atoms with Gasteiger partial charge in [0.05, 0.1) is 30.1 Å². The Balaban J connectivity index is 1.20. The molecule has 2 fully saturated rings. The maximum Gasteiger partial charge on any atom is 0.251 e. The highest BCUT2D eigenvalue weighted by atomic mass is 19.1. The number of hydrogen-bond acceptors (Lipinski definition) is 6. The average molecular weight is 485 g/mol. The summed E-state index contributed by atoms with van der Waals surface area (Å²) in [5.41, 5.74) is 2.45. The van der Waals surface area contributed by atoms with Crippen LogP contribution in [0.3, 0.4) is 0 Å². The van der Waals surface area contributed by atoms with Gasteiger partial charge in [-0.15, -0.1) is 0 Å². The number of amides is 1. The van der Waals surface area contributed by atoms with Gasteiger partial charge in [0.15, 0.2) is 0 Å². The summed E-state index contributed by atoms with van der Waals surface area (Å²) in [6.45, 7) is 2.83. The maximum atomic E-state index is 15.0. The van der Waals surface area contributed by atoms with Crippen molar-refractivity contribution in [2.75, 3.05) is 18.0 Å². The molecule has 9 nitrogen and oxygen atoms in total. The van der Waals surface area contributed by atoms with Gasteiger partial charge in [-0.25, -0.2) is 14.4 Å². The van der Waals surface area contributed by atoms with Gasteiger partial charge in [-0.2, -0.15) is 10.4 Å². The third kappa shape index (κ3) is 3.77. The zero-order valence-electron chi connectivity index (χ0n) is 19.8. The number of aromatic amines is 1. The Kier molecular flexibility index (Phi) is 5.21. The van der Waals surface area contributed by atoms with Gasteiger partial charge in [0, 0.05) is 48.0 Å². The van der Waals surface area contributed by atoms with Crippen LogP contribution < -0.4 is 10.2 Å². The summed E-state index contributed by atoms with van der Waals surface area (Å²) >= 11 is 0. The molecule has 3 aromatic heterocycles. The first kappa shape index (κ1) is 22.2. The van der Waals surface area contributed by atoms with Crippen LogP contribution in [0.1, 0.15) is 36.5 Å². The lowest BCUT2D eigenvalue weighted by Crippen LogP contribution is -2.63. The minimum absolute atomic E-state index is 0.0943. The molecule has 1 amide bonds. The third-order valence-corrected chi connectivity index (χ3v) is 7.31. The van der Waals surface area contributed by atoms with E-state index in [0.29, 0.717) is 30.3 Å². The van der Waals surface area contributed by atoms with E-state index >= 15 is 4.39 Å². The molecule has 1 atom stereocenters. The second kappa shape index (κ2) is 8.45. The van der Waals surface area contributed by atoms with E-state index in [-0.39, 0.29) is 18.4 Å². The number of fused-ring (bicyclic) bond motifs is 1. The van der Waals surface area contributed by atoms with Crippen LogP contribution in [0.2, 0.25) is 0 Å². The molecular formula is C26H25FN8O. The number of benzene rings is 1. The Morgan fingerprint density at radius 1 is 1.33 bits per heavy atom. The van der Waals surface area contributed by atoms with E-state index in [9.17, 15) is 10.1 Å². The molecule has 0 unspecified atom stereocenters. The van der Waals surface area contributed by atoms with Gasteiger partial charge in [0.1, 0.15) is 23.3 Å². The van der Waals surface area contributed by atoms with E-state index < -0.39 is 11.4 Å².